The van der Waals surface area contributed by atoms with Crippen molar-refractivity contribution in [2.45, 2.75) is 118 Å². The maximum absolute atomic E-state index is 14.7. The summed E-state index contributed by atoms with van der Waals surface area (Å²) in [6.07, 6.45) is 8.78. The van der Waals surface area contributed by atoms with E-state index in [4.69, 9.17) is 14.5 Å². The molecule has 2 N–H and O–H groups in total. The summed E-state index contributed by atoms with van der Waals surface area (Å²) in [5.41, 5.74) is 9.75. The molecule has 3 amide bonds. The van der Waals surface area contributed by atoms with E-state index in [-0.39, 0.29) is 48.7 Å². The molecule has 6 rings (SSSR count). The van der Waals surface area contributed by atoms with Crippen LogP contribution in [0.3, 0.4) is 0 Å². The van der Waals surface area contributed by atoms with Crippen molar-refractivity contribution in [1.29, 1.82) is 0 Å². The fraction of sp³-hybridized carbons (Fsp3) is 0.549. The van der Waals surface area contributed by atoms with E-state index >= 15 is 0 Å². The van der Waals surface area contributed by atoms with Crippen LogP contribution in [0.15, 0.2) is 65.8 Å². The Labute approximate surface area is 380 Å². The first kappa shape index (κ1) is 48.3. The number of methoxy groups -OCH3 is 1. The van der Waals surface area contributed by atoms with Crippen LogP contribution in [-0.4, -0.2) is 120 Å². The summed E-state index contributed by atoms with van der Waals surface area (Å²) in [6, 6.07) is 12.6. The number of amides is 3. The van der Waals surface area contributed by atoms with Gasteiger partial charge in [-0.1, -0.05) is 71.5 Å². The van der Waals surface area contributed by atoms with Gasteiger partial charge < -0.3 is 24.3 Å². The van der Waals surface area contributed by atoms with Gasteiger partial charge in [-0.15, -0.1) is 0 Å². The number of likely N-dealkylation sites (tertiary alicyclic amines) is 1. The van der Waals surface area contributed by atoms with Crippen LogP contribution < -0.4 is 10.7 Å². The largest absolute Gasteiger partial charge is 0.464 e. The fourth-order valence-electron chi connectivity index (χ4n) is 9.65. The Bertz CT molecular complexity index is 2240. The zero-order chi connectivity index (χ0) is 46.3. The number of nitrogens with zero attached hydrogens (tertiary/aromatic N) is 5. The monoisotopic (exact) mass is 878 g/mol. The summed E-state index contributed by atoms with van der Waals surface area (Å²) in [6.45, 7) is 21.3. The lowest BCUT2D eigenvalue weighted by molar-refractivity contribution is -0.155. The smallest absolute Gasteiger partial charge is 0.324 e. The highest BCUT2D eigenvalue weighted by Crippen LogP contribution is 2.37. The Balaban J connectivity index is 1.41. The molecule has 6 bridgehead atoms. The van der Waals surface area contributed by atoms with Gasteiger partial charge in [-0.25, -0.2) is 5.43 Å². The molecule has 2 aromatic carbocycles. The number of hydrogen-bond acceptors (Lipinski definition) is 9. The lowest BCUT2D eigenvalue weighted by Gasteiger charge is -2.37. The van der Waals surface area contributed by atoms with Crippen molar-refractivity contribution in [2.75, 3.05) is 46.9 Å². The zero-order valence-corrected chi connectivity index (χ0v) is 39.6. The number of likely N-dealkylation sites (N-methyl/N-ethyl adjacent to an activating group) is 1. The number of hydrazine groups is 1. The number of esters is 1. The number of aryl methyl sites for hydroxylation is 1. The van der Waals surface area contributed by atoms with Crippen LogP contribution in [0.25, 0.3) is 28.1 Å². The highest BCUT2D eigenvalue weighted by molar-refractivity contribution is 5.93. The normalized spacial score (nSPS) is 21.9. The number of aliphatic imine (C=N–C) groups is 1. The topological polar surface area (TPSA) is 138 Å². The minimum atomic E-state index is -0.925. The SMILES string of the molecule is C=CC(=O)N1CCC(CN(C)[C@H](C(=O)N[C@H]2Cc3cccc(c3)-c3ccc4c(c3)c(c(/C=C(/N=CCC)[C@H](C)OC)n4CC)CC(C)(C)COC(=O)[C@@H]3CCCN(N3)C2=O)C(C)C)C1. The number of nitrogens with one attached hydrogen (secondary N) is 2. The van der Waals surface area contributed by atoms with Crippen molar-refractivity contribution in [3.63, 3.8) is 0 Å². The molecule has 4 heterocycles. The van der Waals surface area contributed by atoms with Gasteiger partial charge in [-0.05, 0) is 111 Å². The van der Waals surface area contributed by atoms with E-state index in [1.54, 1.807) is 12.0 Å². The molecule has 5 atom stereocenters. The van der Waals surface area contributed by atoms with Crippen LogP contribution in [-0.2, 0) is 48.0 Å². The summed E-state index contributed by atoms with van der Waals surface area (Å²) >= 11 is 0. The second kappa shape index (κ2) is 21.3. The second-order valence-electron chi connectivity index (χ2n) is 19.0. The third-order valence-electron chi connectivity index (χ3n) is 13.0. The summed E-state index contributed by atoms with van der Waals surface area (Å²) < 4.78 is 14.2. The Morgan fingerprint density at radius 1 is 1.09 bits per heavy atom. The fourth-order valence-corrected chi connectivity index (χ4v) is 9.65. The highest BCUT2D eigenvalue weighted by atomic mass is 16.5. The molecular weight excluding hydrogens is 807 g/mol. The van der Waals surface area contributed by atoms with E-state index in [1.165, 1.54) is 11.1 Å². The molecule has 3 aliphatic rings. The van der Waals surface area contributed by atoms with Crippen LogP contribution in [0.4, 0.5) is 0 Å². The highest BCUT2D eigenvalue weighted by Gasteiger charge is 2.38. The molecule has 2 saturated heterocycles. The summed E-state index contributed by atoms with van der Waals surface area (Å²) in [4.78, 5) is 64.0. The minimum absolute atomic E-state index is 0.0658. The quantitative estimate of drug-likeness (QED) is 0.109. The number of ether oxygens (including phenoxy) is 2. The van der Waals surface area contributed by atoms with Gasteiger partial charge in [0.2, 0.25) is 11.8 Å². The third-order valence-corrected chi connectivity index (χ3v) is 13.0. The molecule has 0 radical (unpaired) electrons. The summed E-state index contributed by atoms with van der Waals surface area (Å²) in [7, 11) is 3.64. The molecule has 13 nitrogen and oxygen atoms in total. The Kier molecular flexibility index (Phi) is 16.1. The van der Waals surface area contributed by atoms with E-state index < -0.39 is 29.5 Å². The number of hydrogen-bond donors (Lipinski definition) is 2. The van der Waals surface area contributed by atoms with Crippen molar-refractivity contribution < 1.29 is 28.7 Å². The Morgan fingerprint density at radius 3 is 2.56 bits per heavy atom. The van der Waals surface area contributed by atoms with Crippen molar-refractivity contribution in [3.8, 4) is 11.1 Å². The maximum Gasteiger partial charge on any atom is 0.324 e. The van der Waals surface area contributed by atoms with Gasteiger partial charge in [0.1, 0.15) is 12.1 Å². The number of benzene rings is 2. The van der Waals surface area contributed by atoms with Gasteiger partial charge in [0.25, 0.3) is 5.91 Å². The predicted octanol–water partition coefficient (Wildman–Crippen LogP) is 6.82. The minimum Gasteiger partial charge on any atom is -0.464 e. The first-order valence-electron chi connectivity index (χ1n) is 23.2. The Morgan fingerprint density at radius 2 is 1.86 bits per heavy atom. The van der Waals surface area contributed by atoms with Gasteiger partial charge >= 0.3 is 5.97 Å². The van der Waals surface area contributed by atoms with Crippen LogP contribution >= 0.6 is 0 Å². The molecule has 1 aromatic heterocycles. The molecule has 64 heavy (non-hydrogen) atoms. The van der Waals surface area contributed by atoms with E-state index in [1.807, 2.05) is 46.2 Å². The predicted molar refractivity (Wildman–Crippen MR) is 254 cm³/mol. The van der Waals surface area contributed by atoms with Crippen LogP contribution in [0.2, 0.25) is 0 Å². The van der Waals surface area contributed by atoms with Gasteiger partial charge in [0.15, 0.2) is 0 Å². The summed E-state index contributed by atoms with van der Waals surface area (Å²) in [5.74, 6) is -0.901. The molecule has 3 aliphatic heterocycles. The number of aromatic nitrogens is 1. The molecule has 346 valence electrons. The lowest BCUT2D eigenvalue weighted by atomic mass is 9.85. The number of carbonyl (C=O) groups is 4. The third kappa shape index (κ3) is 11.2. The van der Waals surface area contributed by atoms with Gasteiger partial charge in [0, 0.05) is 74.5 Å². The first-order chi connectivity index (χ1) is 30.6. The van der Waals surface area contributed by atoms with E-state index in [2.05, 4.69) is 90.9 Å². The molecular formula is C51H71N7O6. The average Bonchev–Trinajstić information content (AvgIpc) is 3.86. The van der Waals surface area contributed by atoms with Crippen molar-refractivity contribution in [3.05, 3.63) is 77.6 Å². The standard InChI is InChI=1S/C51H71N7O6/c1-11-22-52-42(34(6)63-10)28-45-40-29-51(7,8)32-64-50(62)41-18-15-23-58(54-41)49(61)43(26-35-16-14-17-37(25-35)38-19-20-44(39(40)27-38)57(45)13-3)53-48(60)47(33(4)5)55(9)30-36-21-24-56(31-36)46(59)12-2/h12,14,16-17,19-20,22,25,27-28,33-34,36,41,43,47,54H,2,11,13,15,18,21,23-24,26,29-32H2,1,3-10H3,(H,53,60)/b42-28+,52-22?/t34-,36?,41-,43-,47-/m0/s1. The van der Waals surface area contributed by atoms with E-state index in [0.717, 1.165) is 63.9 Å². The lowest BCUT2D eigenvalue weighted by Crippen LogP contribution is -2.62. The molecule has 0 aliphatic carbocycles. The van der Waals surface area contributed by atoms with Gasteiger partial charge in [-0.2, -0.15) is 0 Å². The molecule has 13 heteroatoms. The number of rotatable bonds is 13. The number of cyclic esters (lactones) is 1. The number of carbonyl (C=O) groups excluding carboxylic acids is 4. The average molecular weight is 878 g/mol. The zero-order valence-electron chi connectivity index (χ0n) is 39.6. The maximum atomic E-state index is 14.7. The van der Waals surface area contributed by atoms with Gasteiger partial charge in [-0.3, -0.25) is 34.1 Å². The van der Waals surface area contributed by atoms with Crippen LogP contribution in [0, 0.1) is 17.3 Å². The van der Waals surface area contributed by atoms with Crippen LogP contribution in [0.5, 0.6) is 0 Å². The van der Waals surface area contributed by atoms with Gasteiger partial charge in [0.05, 0.1) is 24.4 Å². The Hall–Kier alpha value is -5.11. The first-order valence-corrected chi connectivity index (χ1v) is 23.2. The molecule has 0 spiro atoms. The van der Waals surface area contributed by atoms with Crippen molar-refractivity contribution >= 4 is 46.9 Å². The van der Waals surface area contributed by atoms with E-state index in [9.17, 15) is 19.2 Å². The van der Waals surface area contributed by atoms with E-state index in [0.29, 0.717) is 45.4 Å². The summed E-state index contributed by atoms with van der Waals surface area (Å²) in [5, 5.41) is 5.79. The van der Waals surface area contributed by atoms with Crippen molar-refractivity contribution in [1.82, 2.24) is 30.1 Å². The van der Waals surface area contributed by atoms with Crippen molar-refractivity contribution in [2.24, 2.45) is 22.2 Å². The number of fused-ring (bicyclic) bond motifs is 6. The molecule has 0 saturated carbocycles. The second-order valence-corrected chi connectivity index (χ2v) is 19.0. The molecule has 2 fully saturated rings. The molecule has 3 aromatic rings. The molecule has 1 unspecified atom stereocenters. The van der Waals surface area contributed by atoms with Crippen LogP contribution in [0.1, 0.15) is 91.0 Å².